The monoisotopic (exact) mass is 399 g/mol. The minimum Gasteiger partial charge on any atom is -0.430 e. The summed E-state index contributed by atoms with van der Waals surface area (Å²) in [5.41, 5.74) is 6.00. The van der Waals surface area contributed by atoms with E-state index in [9.17, 15) is 9.59 Å². The second-order valence-electron chi connectivity index (χ2n) is 8.08. The number of carbonyl (C=O) groups is 2. The molecule has 4 rings (SSSR count). The van der Waals surface area contributed by atoms with E-state index in [2.05, 4.69) is 15.2 Å². The summed E-state index contributed by atoms with van der Waals surface area (Å²) in [4.78, 5) is 33.0. The average molecular weight is 399 g/mol. The summed E-state index contributed by atoms with van der Waals surface area (Å²) < 4.78 is 5.43. The number of nitrogens with zero attached hydrogens (tertiary/aromatic N) is 3. The number of aromatic nitrogens is 1. The molecule has 156 valence electrons. The number of fused-ring (bicyclic) bond motifs is 1. The van der Waals surface area contributed by atoms with Gasteiger partial charge < -0.3 is 25.3 Å². The third kappa shape index (κ3) is 4.53. The molecule has 0 bridgehead atoms. The van der Waals surface area contributed by atoms with E-state index in [0.717, 1.165) is 25.9 Å². The predicted molar refractivity (Wildman–Crippen MR) is 111 cm³/mol. The normalized spacial score (nSPS) is 18.8. The molecule has 2 aromatic rings. The highest BCUT2D eigenvalue weighted by Gasteiger charge is 2.26. The predicted octanol–water partition coefficient (Wildman–Crippen LogP) is 3.05. The van der Waals surface area contributed by atoms with Crippen molar-refractivity contribution in [1.82, 2.24) is 14.8 Å². The number of hydrogen-bond acceptors (Lipinski definition) is 5. The molecule has 2 aliphatic heterocycles. The highest BCUT2D eigenvalue weighted by molar-refractivity contribution is 6.09. The average Bonchev–Trinajstić information content (AvgIpc) is 3.12. The van der Waals surface area contributed by atoms with Gasteiger partial charge in [-0.1, -0.05) is 6.42 Å². The van der Waals surface area contributed by atoms with E-state index in [1.807, 2.05) is 0 Å². The molecule has 0 aromatic carbocycles. The molecule has 2 aromatic heterocycles. The first-order chi connectivity index (χ1) is 14.1. The Bertz CT molecular complexity index is 866. The fraction of sp³-hybridized carbons (Fsp3) is 0.571. The molecule has 3 N–H and O–H groups in total. The van der Waals surface area contributed by atoms with Crippen LogP contribution in [0.25, 0.3) is 11.1 Å². The highest BCUT2D eigenvalue weighted by atomic mass is 16.4. The van der Waals surface area contributed by atoms with Crippen LogP contribution in [0.3, 0.4) is 0 Å². The third-order valence-electron chi connectivity index (χ3n) is 6.13. The Labute approximate surface area is 170 Å². The maximum absolute atomic E-state index is 12.8. The molecule has 0 atom stereocenters. The molecule has 0 radical (unpaired) electrons. The summed E-state index contributed by atoms with van der Waals surface area (Å²) in [6.45, 7) is 5.08. The zero-order valence-electron chi connectivity index (χ0n) is 16.7. The second kappa shape index (κ2) is 8.82. The van der Waals surface area contributed by atoms with Gasteiger partial charge in [0.15, 0.2) is 0 Å². The number of pyridine rings is 1. The first-order valence-electron chi connectivity index (χ1n) is 10.6. The van der Waals surface area contributed by atoms with Crippen molar-refractivity contribution in [1.29, 1.82) is 0 Å². The van der Waals surface area contributed by atoms with Gasteiger partial charge in [0.25, 0.3) is 5.91 Å². The van der Waals surface area contributed by atoms with Gasteiger partial charge in [0.05, 0.1) is 5.39 Å². The van der Waals surface area contributed by atoms with Gasteiger partial charge in [0, 0.05) is 19.3 Å². The number of piperidine rings is 2. The maximum Gasteiger partial charge on any atom is 0.321 e. The molecule has 0 saturated carbocycles. The van der Waals surface area contributed by atoms with Crippen molar-refractivity contribution in [3.8, 4) is 0 Å². The minimum atomic E-state index is -0.727. The molecule has 29 heavy (non-hydrogen) atoms. The van der Waals surface area contributed by atoms with E-state index in [1.54, 1.807) is 23.2 Å². The van der Waals surface area contributed by atoms with Crippen LogP contribution in [0.2, 0.25) is 0 Å². The van der Waals surface area contributed by atoms with Crippen molar-refractivity contribution in [2.75, 3.05) is 38.0 Å². The molecular formula is C21H29N5O3. The van der Waals surface area contributed by atoms with Gasteiger partial charge in [-0.15, -0.1) is 0 Å². The van der Waals surface area contributed by atoms with Crippen LogP contribution in [0.1, 0.15) is 49.1 Å². The van der Waals surface area contributed by atoms with Gasteiger partial charge in [-0.05, 0) is 69.8 Å². The van der Waals surface area contributed by atoms with Crippen molar-refractivity contribution in [3.05, 3.63) is 24.1 Å². The number of urea groups is 1. The van der Waals surface area contributed by atoms with E-state index in [1.165, 1.54) is 45.3 Å². The molecule has 0 spiro atoms. The number of hydrogen-bond donors (Lipinski definition) is 2. The van der Waals surface area contributed by atoms with Gasteiger partial charge in [0.2, 0.25) is 11.5 Å². The van der Waals surface area contributed by atoms with Crippen molar-refractivity contribution in [2.45, 2.75) is 38.5 Å². The molecule has 2 aliphatic rings. The van der Waals surface area contributed by atoms with Gasteiger partial charge in [0.1, 0.15) is 5.69 Å². The van der Waals surface area contributed by atoms with Gasteiger partial charge >= 0.3 is 6.03 Å². The van der Waals surface area contributed by atoms with Crippen LogP contribution in [-0.4, -0.2) is 59.4 Å². The number of carbonyl (C=O) groups excluding carboxylic acids is 2. The molecule has 2 saturated heterocycles. The Morgan fingerprint density at radius 1 is 1.17 bits per heavy atom. The third-order valence-corrected chi connectivity index (χ3v) is 6.13. The summed E-state index contributed by atoms with van der Waals surface area (Å²) in [6, 6.07) is 3.25. The molecule has 2 fully saturated rings. The van der Waals surface area contributed by atoms with E-state index in [4.69, 9.17) is 10.2 Å². The topological polar surface area (TPSA) is 105 Å². The lowest BCUT2D eigenvalue weighted by Crippen LogP contribution is -2.42. The van der Waals surface area contributed by atoms with Crippen LogP contribution in [0.4, 0.5) is 10.5 Å². The molecule has 4 heterocycles. The smallest absolute Gasteiger partial charge is 0.321 e. The van der Waals surface area contributed by atoms with E-state index < -0.39 is 5.91 Å². The maximum atomic E-state index is 12.8. The molecular weight excluding hydrogens is 370 g/mol. The van der Waals surface area contributed by atoms with E-state index in [-0.39, 0.29) is 17.5 Å². The summed E-state index contributed by atoms with van der Waals surface area (Å²) in [5, 5.41) is 3.40. The number of likely N-dealkylation sites (tertiary alicyclic amines) is 2. The second-order valence-corrected chi connectivity index (χ2v) is 8.08. The Balaban J connectivity index is 1.33. The zero-order chi connectivity index (χ0) is 20.2. The number of anilines is 1. The van der Waals surface area contributed by atoms with Crippen molar-refractivity contribution in [2.24, 2.45) is 11.7 Å². The van der Waals surface area contributed by atoms with Crippen LogP contribution in [0.5, 0.6) is 0 Å². The van der Waals surface area contributed by atoms with Crippen molar-refractivity contribution >= 4 is 28.7 Å². The summed E-state index contributed by atoms with van der Waals surface area (Å²) >= 11 is 0. The lowest BCUT2D eigenvalue weighted by atomic mass is 9.93. The lowest BCUT2D eigenvalue weighted by molar-refractivity contribution is 0.0977. The largest absolute Gasteiger partial charge is 0.430 e. The molecule has 8 heteroatoms. The van der Waals surface area contributed by atoms with Gasteiger partial charge in [-0.2, -0.15) is 0 Å². The van der Waals surface area contributed by atoms with Crippen molar-refractivity contribution < 1.29 is 14.0 Å². The number of primary amides is 1. The fourth-order valence-electron chi connectivity index (χ4n) is 4.39. The summed E-state index contributed by atoms with van der Waals surface area (Å²) in [6.07, 6.45) is 8.81. The Kier molecular flexibility index (Phi) is 5.99. The number of amides is 3. The van der Waals surface area contributed by atoms with E-state index in [0.29, 0.717) is 17.0 Å². The Morgan fingerprint density at radius 2 is 1.93 bits per heavy atom. The quantitative estimate of drug-likeness (QED) is 0.804. The lowest BCUT2D eigenvalue weighted by Gasteiger charge is -2.34. The van der Waals surface area contributed by atoms with Crippen LogP contribution in [-0.2, 0) is 0 Å². The highest BCUT2D eigenvalue weighted by Crippen LogP contribution is 2.30. The summed E-state index contributed by atoms with van der Waals surface area (Å²) in [5.74, 6) is -0.126. The Hall–Kier alpha value is -2.61. The first kappa shape index (κ1) is 19.7. The number of rotatable bonds is 5. The minimum absolute atomic E-state index is 0.0662. The van der Waals surface area contributed by atoms with Crippen LogP contribution < -0.4 is 11.1 Å². The van der Waals surface area contributed by atoms with E-state index >= 15 is 0 Å². The molecule has 0 aliphatic carbocycles. The van der Waals surface area contributed by atoms with Gasteiger partial charge in [-0.3, -0.25) is 4.79 Å². The number of furan rings is 1. The molecule has 0 unspecified atom stereocenters. The molecule has 3 amide bonds. The SMILES string of the molecule is NC(=O)c1oc2ncccc2c1NC(=O)N1CCC(CCN2CCCCC2)CC1. The first-order valence-corrected chi connectivity index (χ1v) is 10.6. The number of nitrogens with two attached hydrogens (primary N) is 1. The zero-order valence-corrected chi connectivity index (χ0v) is 16.7. The van der Waals surface area contributed by atoms with Crippen LogP contribution in [0.15, 0.2) is 22.7 Å². The molecule has 8 nitrogen and oxygen atoms in total. The number of nitrogens with one attached hydrogen (secondary N) is 1. The summed E-state index contributed by atoms with van der Waals surface area (Å²) in [7, 11) is 0. The Morgan fingerprint density at radius 3 is 2.66 bits per heavy atom. The van der Waals surface area contributed by atoms with Crippen LogP contribution >= 0.6 is 0 Å². The van der Waals surface area contributed by atoms with Crippen LogP contribution in [0, 0.1) is 5.92 Å². The fourth-order valence-corrected chi connectivity index (χ4v) is 4.39. The van der Waals surface area contributed by atoms with Crippen molar-refractivity contribution in [3.63, 3.8) is 0 Å². The standard InChI is InChI=1S/C21H29N5O3/c22-19(27)18-17(16-5-4-9-23-20(16)29-18)24-21(28)26-13-7-15(8-14-26)6-12-25-10-2-1-3-11-25/h4-5,9,15H,1-3,6-8,10-14H2,(H2,22,27)(H,24,28). The van der Waals surface area contributed by atoms with Gasteiger partial charge in [-0.25, -0.2) is 9.78 Å².